The van der Waals surface area contributed by atoms with Gasteiger partial charge in [0.25, 0.3) is 5.91 Å². The molecule has 2 heterocycles. The molecular weight excluding hydrogens is 278 g/mol. The van der Waals surface area contributed by atoms with E-state index in [1.165, 1.54) is 6.20 Å². The Kier molecular flexibility index (Phi) is 3.00. The second-order valence-electron chi connectivity index (χ2n) is 4.15. The summed E-state index contributed by atoms with van der Waals surface area (Å²) < 4.78 is 0. The van der Waals surface area contributed by atoms with Crippen molar-refractivity contribution in [2.24, 2.45) is 0 Å². The Bertz CT molecular complexity index is 798. The molecule has 1 aromatic carbocycles. The third-order valence-electron chi connectivity index (χ3n) is 2.86. The van der Waals surface area contributed by atoms with E-state index in [9.17, 15) is 4.79 Å². The normalized spacial score (nSPS) is 10.7. The van der Waals surface area contributed by atoms with Crippen molar-refractivity contribution in [3.8, 4) is 0 Å². The van der Waals surface area contributed by atoms with E-state index in [-0.39, 0.29) is 17.3 Å². The number of anilines is 2. The van der Waals surface area contributed by atoms with E-state index >= 15 is 0 Å². The predicted molar refractivity (Wildman–Crippen MR) is 77.7 cm³/mol. The number of carbonyl (C=O) groups is 1. The summed E-state index contributed by atoms with van der Waals surface area (Å²) in [5.41, 5.74) is 7.31. The number of nitrogens with one attached hydrogen (secondary N) is 2. The summed E-state index contributed by atoms with van der Waals surface area (Å²) in [6.07, 6.45) is 3.02. The number of carbonyl (C=O) groups excluding carboxylic acids is 1. The Hall–Kier alpha value is -2.60. The third-order valence-corrected chi connectivity index (χ3v) is 3.19. The van der Waals surface area contributed by atoms with E-state index in [1.807, 2.05) is 6.07 Å². The van der Waals surface area contributed by atoms with E-state index in [1.54, 1.807) is 24.4 Å². The summed E-state index contributed by atoms with van der Waals surface area (Å²) in [5, 5.41) is 10.4. The topological polar surface area (TPSA) is 96.7 Å². The zero-order valence-electron chi connectivity index (χ0n) is 10.2. The van der Waals surface area contributed by atoms with Crippen LogP contribution in [0.3, 0.4) is 0 Å². The quantitative estimate of drug-likeness (QED) is 0.674. The van der Waals surface area contributed by atoms with Gasteiger partial charge in [-0.2, -0.15) is 5.10 Å². The van der Waals surface area contributed by atoms with Gasteiger partial charge in [0.2, 0.25) is 0 Å². The number of pyridine rings is 1. The molecule has 0 fully saturated rings. The van der Waals surface area contributed by atoms with Crippen LogP contribution < -0.4 is 11.1 Å². The Balaban J connectivity index is 2.02. The molecule has 3 rings (SSSR count). The number of fused-ring (bicyclic) bond motifs is 1. The van der Waals surface area contributed by atoms with Crippen LogP contribution >= 0.6 is 11.6 Å². The highest BCUT2D eigenvalue weighted by Crippen LogP contribution is 2.28. The molecule has 0 aliphatic carbocycles. The highest BCUT2D eigenvalue weighted by atomic mass is 35.5. The van der Waals surface area contributed by atoms with Gasteiger partial charge < -0.3 is 11.1 Å². The van der Waals surface area contributed by atoms with E-state index in [4.69, 9.17) is 17.3 Å². The first-order valence-corrected chi connectivity index (χ1v) is 6.18. The van der Waals surface area contributed by atoms with Crippen LogP contribution in [0.5, 0.6) is 0 Å². The van der Waals surface area contributed by atoms with Gasteiger partial charge in [0.05, 0.1) is 28.1 Å². The molecule has 100 valence electrons. The second kappa shape index (κ2) is 4.82. The molecule has 2 aromatic heterocycles. The van der Waals surface area contributed by atoms with Crippen molar-refractivity contribution in [2.75, 3.05) is 11.1 Å². The Morgan fingerprint density at radius 1 is 1.35 bits per heavy atom. The third kappa shape index (κ3) is 2.06. The van der Waals surface area contributed by atoms with Crippen LogP contribution in [0.1, 0.15) is 10.5 Å². The van der Waals surface area contributed by atoms with Gasteiger partial charge in [-0.3, -0.25) is 14.9 Å². The van der Waals surface area contributed by atoms with Gasteiger partial charge in [0.15, 0.2) is 0 Å². The summed E-state index contributed by atoms with van der Waals surface area (Å²) in [7, 11) is 0. The Morgan fingerprint density at radius 3 is 2.95 bits per heavy atom. The lowest BCUT2D eigenvalue weighted by atomic mass is 10.2. The number of nitrogens with two attached hydrogens (primary N) is 1. The first-order valence-electron chi connectivity index (χ1n) is 5.80. The lowest BCUT2D eigenvalue weighted by Gasteiger charge is -2.08. The summed E-state index contributed by atoms with van der Waals surface area (Å²) in [4.78, 5) is 16.3. The Labute approximate surface area is 119 Å². The lowest BCUT2D eigenvalue weighted by molar-refractivity contribution is 0.102. The number of benzene rings is 1. The molecular formula is C13H10ClN5O. The van der Waals surface area contributed by atoms with Crippen molar-refractivity contribution < 1.29 is 4.79 Å². The van der Waals surface area contributed by atoms with Crippen LogP contribution in [-0.2, 0) is 0 Å². The molecule has 7 heteroatoms. The monoisotopic (exact) mass is 287 g/mol. The molecule has 0 bridgehead atoms. The first kappa shape index (κ1) is 12.4. The number of hydrogen-bond donors (Lipinski definition) is 3. The minimum Gasteiger partial charge on any atom is -0.396 e. The second-order valence-corrected chi connectivity index (χ2v) is 4.56. The molecule has 0 radical (unpaired) electrons. The van der Waals surface area contributed by atoms with Crippen molar-refractivity contribution in [3.63, 3.8) is 0 Å². The zero-order valence-corrected chi connectivity index (χ0v) is 11.0. The van der Waals surface area contributed by atoms with Gasteiger partial charge in [-0.15, -0.1) is 0 Å². The highest BCUT2D eigenvalue weighted by molar-refractivity contribution is 6.36. The molecule has 0 atom stereocenters. The number of aromatic nitrogens is 3. The van der Waals surface area contributed by atoms with Gasteiger partial charge >= 0.3 is 0 Å². The number of nitrogen functional groups attached to an aromatic ring is 1. The maximum absolute atomic E-state index is 12.1. The van der Waals surface area contributed by atoms with Gasteiger partial charge in [0, 0.05) is 11.6 Å². The number of hydrogen-bond acceptors (Lipinski definition) is 4. The number of H-pyrrole nitrogens is 1. The molecule has 20 heavy (non-hydrogen) atoms. The molecule has 0 aliphatic rings. The van der Waals surface area contributed by atoms with Gasteiger partial charge in [-0.25, -0.2) is 0 Å². The Morgan fingerprint density at radius 2 is 2.20 bits per heavy atom. The van der Waals surface area contributed by atoms with Gasteiger partial charge in [-0.05, 0) is 24.3 Å². The van der Waals surface area contributed by atoms with E-state index in [0.717, 1.165) is 5.39 Å². The van der Waals surface area contributed by atoms with E-state index in [2.05, 4.69) is 20.5 Å². The van der Waals surface area contributed by atoms with Crippen molar-refractivity contribution in [3.05, 3.63) is 47.4 Å². The van der Waals surface area contributed by atoms with Gasteiger partial charge in [0.1, 0.15) is 5.69 Å². The molecule has 0 unspecified atom stereocenters. The van der Waals surface area contributed by atoms with E-state index < -0.39 is 0 Å². The maximum atomic E-state index is 12.1. The van der Waals surface area contributed by atoms with Crippen LogP contribution in [0.4, 0.5) is 11.4 Å². The summed E-state index contributed by atoms with van der Waals surface area (Å²) in [6.45, 7) is 0. The fourth-order valence-electron chi connectivity index (χ4n) is 1.90. The largest absolute Gasteiger partial charge is 0.396 e. The molecule has 3 aromatic rings. The van der Waals surface area contributed by atoms with Crippen molar-refractivity contribution >= 4 is 39.8 Å². The fourth-order valence-corrected chi connectivity index (χ4v) is 2.12. The summed E-state index contributed by atoms with van der Waals surface area (Å²) in [5.74, 6) is -0.380. The molecule has 0 saturated heterocycles. The van der Waals surface area contributed by atoms with E-state index in [0.29, 0.717) is 16.2 Å². The average molecular weight is 288 g/mol. The highest BCUT2D eigenvalue weighted by Gasteiger charge is 2.14. The number of halogens is 1. The maximum Gasteiger partial charge on any atom is 0.275 e. The van der Waals surface area contributed by atoms with Crippen LogP contribution in [0.2, 0.25) is 5.02 Å². The zero-order chi connectivity index (χ0) is 14.1. The molecule has 0 saturated carbocycles. The number of nitrogens with zero attached hydrogens (tertiary/aromatic N) is 2. The van der Waals surface area contributed by atoms with Crippen LogP contribution in [0.25, 0.3) is 10.9 Å². The van der Waals surface area contributed by atoms with Gasteiger partial charge in [-0.1, -0.05) is 11.6 Å². The standard InChI is InChI=1S/C13H10ClN5O/c14-8-3-4-10(11-7(8)2-1-5-16-11)18-13(20)12-9(15)6-17-19-12/h1-6H,15H2,(H,17,19)(H,18,20). The summed E-state index contributed by atoms with van der Waals surface area (Å²) in [6, 6.07) is 7.03. The minimum absolute atomic E-state index is 0.212. The molecule has 4 N–H and O–H groups in total. The van der Waals surface area contributed by atoms with Crippen LogP contribution in [-0.4, -0.2) is 21.1 Å². The smallest absolute Gasteiger partial charge is 0.275 e. The molecule has 0 aliphatic heterocycles. The van der Waals surface area contributed by atoms with Crippen LogP contribution in [0, 0.1) is 0 Å². The lowest BCUT2D eigenvalue weighted by Crippen LogP contribution is -2.14. The number of aromatic amines is 1. The van der Waals surface area contributed by atoms with Crippen molar-refractivity contribution in [2.45, 2.75) is 0 Å². The van der Waals surface area contributed by atoms with Crippen LogP contribution in [0.15, 0.2) is 36.7 Å². The molecule has 0 spiro atoms. The van der Waals surface area contributed by atoms with Crippen molar-refractivity contribution in [1.82, 2.24) is 15.2 Å². The first-order chi connectivity index (χ1) is 9.66. The average Bonchev–Trinajstić information content (AvgIpc) is 2.88. The number of rotatable bonds is 2. The molecule has 1 amide bonds. The summed E-state index contributed by atoms with van der Waals surface area (Å²) >= 11 is 6.10. The molecule has 6 nitrogen and oxygen atoms in total. The number of amides is 1. The SMILES string of the molecule is Nc1cn[nH]c1C(=O)Nc1ccc(Cl)c2cccnc12. The predicted octanol–water partition coefficient (Wildman–Crippen LogP) is 2.45. The van der Waals surface area contributed by atoms with Crippen molar-refractivity contribution in [1.29, 1.82) is 0 Å². The fraction of sp³-hybridized carbons (Fsp3) is 0. The minimum atomic E-state index is -0.380.